The number of nitrogens with two attached hydrogens (primary N) is 2. The molecule has 0 radical (unpaired) electrons. The predicted octanol–water partition coefficient (Wildman–Crippen LogP) is 0.221. The topological polar surface area (TPSA) is 158 Å². The molecule has 1 unspecified atom stereocenters. The summed E-state index contributed by atoms with van der Waals surface area (Å²) in [6, 6.07) is 6.70. The van der Waals surface area contributed by atoms with Gasteiger partial charge in [-0.25, -0.2) is 4.79 Å². The molecule has 1 saturated heterocycles. The quantitative estimate of drug-likeness (QED) is 0.674. The molecule has 0 bridgehead atoms. The van der Waals surface area contributed by atoms with Gasteiger partial charge < -0.3 is 21.1 Å². The van der Waals surface area contributed by atoms with Gasteiger partial charge in [-0.05, 0) is 25.0 Å². The van der Waals surface area contributed by atoms with E-state index >= 15 is 0 Å². The molecule has 2 fully saturated rings. The molecule has 1 atom stereocenters. The minimum atomic E-state index is -1.52. The van der Waals surface area contributed by atoms with Crippen molar-refractivity contribution in [1.29, 1.82) is 0 Å². The van der Waals surface area contributed by atoms with E-state index < -0.39 is 11.6 Å². The summed E-state index contributed by atoms with van der Waals surface area (Å²) in [5.74, 6) is -1.31. The first-order chi connectivity index (χ1) is 14.4. The Morgan fingerprint density at radius 2 is 1.83 bits per heavy atom. The van der Waals surface area contributed by atoms with Crippen molar-refractivity contribution < 1.29 is 19.1 Å². The van der Waals surface area contributed by atoms with E-state index in [1.807, 2.05) is 0 Å². The van der Waals surface area contributed by atoms with Gasteiger partial charge in [0, 0.05) is 18.9 Å². The van der Waals surface area contributed by atoms with Crippen molar-refractivity contribution >= 4 is 35.4 Å². The number of benzene rings is 1. The molecule has 0 spiro atoms. The van der Waals surface area contributed by atoms with Crippen LogP contribution < -0.4 is 16.4 Å². The van der Waals surface area contributed by atoms with Crippen molar-refractivity contribution in [3.63, 3.8) is 0 Å². The number of hydrogen-bond donors (Lipinski definition) is 2. The standard InChI is InChI=1S/C19H19N7O4/c20-17-22-13(23-18(21)24-17)9-30-16(29)19-8-7-14(27)26(19)12-4-2-1-3-11(12)15(28)25(19)10-5-6-10/h1-4,10H,5-9H2,(H4,20,21,22,23,24). The zero-order valence-electron chi connectivity index (χ0n) is 15.9. The van der Waals surface area contributed by atoms with Crippen LogP contribution in [0.5, 0.6) is 0 Å². The Labute approximate surface area is 171 Å². The SMILES string of the molecule is Nc1nc(N)nc(COC(=O)C23CCC(=O)N2c2ccccc2C(=O)N3C2CC2)n1. The molecule has 2 aromatic rings. The lowest BCUT2D eigenvalue weighted by Crippen LogP contribution is -2.69. The zero-order chi connectivity index (χ0) is 21.0. The summed E-state index contributed by atoms with van der Waals surface area (Å²) in [7, 11) is 0. The van der Waals surface area contributed by atoms with Crippen molar-refractivity contribution in [3.8, 4) is 0 Å². The Balaban J connectivity index is 1.54. The van der Waals surface area contributed by atoms with Gasteiger partial charge in [0.2, 0.25) is 23.5 Å². The lowest BCUT2D eigenvalue weighted by Gasteiger charge is -2.48. The summed E-state index contributed by atoms with van der Waals surface area (Å²) in [5, 5.41) is 0. The number of fused-ring (bicyclic) bond motifs is 3. The normalized spacial score (nSPS) is 22.7. The number of rotatable bonds is 4. The van der Waals surface area contributed by atoms with Crippen LogP contribution in [0.4, 0.5) is 17.6 Å². The molecular weight excluding hydrogens is 390 g/mol. The average Bonchev–Trinajstić information content (AvgIpc) is 3.48. The van der Waals surface area contributed by atoms with Crippen LogP contribution in [0, 0.1) is 0 Å². The summed E-state index contributed by atoms with van der Waals surface area (Å²) in [4.78, 5) is 54.1. The van der Waals surface area contributed by atoms with Crippen molar-refractivity contribution in [2.24, 2.45) is 0 Å². The molecule has 4 N–H and O–H groups in total. The van der Waals surface area contributed by atoms with E-state index in [0.717, 1.165) is 12.8 Å². The highest BCUT2D eigenvalue weighted by Crippen LogP contribution is 2.49. The van der Waals surface area contributed by atoms with Gasteiger partial charge in [0.25, 0.3) is 5.91 Å². The van der Waals surface area contributed by atoms with Gasteiger partial charge in [0.05, 0.1) is 11.3 Å². The molecule has 154 valence electrons. The molecule has 2 aliphatic heterocycles. The number of ether oxygens (including phenoxy) is 1. The Hall–Kier alpha value is -3.76. The van der Waals surface area contributed by atoms with Crippen LogP contribution in [0.3, 0.4) is 0 Å². The Morgan fingerprint density at radius 1 is 1.13 bits per heavy atom. The number of esters is 1. The number of anilines is 3. The fraction of sp³-hybridized carbons (Fsp3) is 0.368. The first kappa shape index (κ1) is 18.3. The molecule has 30 heavy (non-hydrogen) atoms. The second kappa shape index (κ2) is 6.37. The van der Waals surface area contributed by atoms with Crippen LogP contribution in [0.1, 0.15) is 41.9 Å². The first-order valence-electron chi connectivity index (χ1n) is 9.60. The minimum Gasteiger partial charge on any atom is -0.454 e. The largest absolute Gasteiger partial charge is 0.454 e. The van der Waals surface area contributed by atoms with Crippen LogP contribution in [0.15, 0.2) is 24.3 Å². The number of nitrogen functional groups attached to an aromatic ring is 2. The van der Waals surface area contributed by atoms with E-state index in [9.17, 15) is 14.4 Å². The maximum Gasteiger partial charge on any atom is 0.354 e. The molecule has 2 amide bonds. The van der Waals surface area contributed by atoms with Gasteiger partial charge in [-0.3, -0.25) is 14.5 Å². The smallest absolute Gasteiger partial charge is 0.354 e. The Kier molecular flexibility index (Phi) is 3.88. The molecule has 1 aliphatic carbocycles. The maximum absolute atomic E-state index is 13.4. The number of carbonyl (C=O) groups excluding carboxylic acids is 3. The third kappa shape index (κ3) is 2.58. The fourth-order valence-electron chi connectivity index (χ4n) is 4.28. The van der Waals surface area contributed by atoms with Crippen LogP contribution in [-0.2, 0) is 20.9 Å². The third-order valence-electron chi connectivity index (χ3n) is 5.59. The van der Waals surface area contributed by atoms with Crippen molar-refractivity contribution in [2.75, 3.05) is 16.4 Å². The average molecular weight is 409 g/mol. The van der Waals surface area contributed by atoms with Gasteiger partial charge in [-0.15, -0.1) is 0 Å². The molecule has 3 heterocycles. The first-order valence-corrected chi connectivity index (χ1v) is 9.60. The van der Waals surface area contributed by atoms with Crippen LogP contribution in [-0.4, -0.2) is 49.3 Å². The summed E-state index contributed by atoms with van der Waals surface area (Å²) in [5.41, 5.74) is 10.4. The van der Waals surface area contributed by atoms with Crippen LogP contribution >= 0.6 is 0 Å². The minimum absolute atomic E-state index is 0.0844. The van der Waals surface area contributed by atoms with Gasteiger partial charge in [0.15, 0.2) is 12.4 Å². The van der Waals surface area contributed by atoms with E-state index in [-0.39, 0.29) is 55.0 Å². The molecule has 1 aromatic heterocycles. The number of hydrogen-bond acceptors (Lipinski definition) is 9. The van der Waals surface area contributed by atoms with Gasteiger partial charge in [-0.1, -0.05) is 12.1 Å². The van der Waals surface area contributed by atoms with Crippen molar-refractivity contribution in [1.82, 2.24) is 19.9 Å². The summed E-state index contributed by atoms with van der Waals surface area (Å²) in [6.07, 6.45) is 1.82. The summed E-state index contributed by atoms with van der Waals surface area (Å²) >= 11 is 0. The summed E-state index contributed by atoms with van der Waals surface area (Å²) < 4.78 is 5.51. The number of aromatic nitrogens is 3. The highest BCUT2D eigenvalue weighted by Gasteiger charge is 2.64. The van der Waals surface area contributed by atoms with Crippen LogP contribution in [0.25, 0.3) is 0 Å². The number of para-hydroxylation sites is 1. The second-order valence-corrected chi connectivity index (χ2v) is 7.51. The van der Waals surface area contributed by atoms with E-state index in [4.69, 9.17) is 16.2 Å². The lowest BCUT2D eigenvalue weighted by molar-refractivity contribution is -0.159. The van der Waals surface area contributed by atoms with Crippen molar-refractivity contribution in [2.45, 2.75) is 44.0 Å². The predicted molar refractivity (Wildman–Crippen MR) is 104 cm³/mol. The van der Waals surface area contributed by atoms with Gasteiger partial charge >= 0.3 is 5.97 Å². The molecule has 5 rings (SSSR count). The fourth-order valence-corrected chi connectivity index (χ4v) is 4.28. The molecule has 1 aromatic carbocycles. The molecule has 11 heteroatoms. The third-order valence-corrected chi connectivity index (χ3v) is 5.59. The molecular formula is C19H19N7O4. The zero-order valence-corrected chi connectivity index (χ0v) is 15.9. The number of carbonyl (C=O) groups is 3. The van der Waals surface area contributed by atoms with E-state index in [2.05, 4.69) is 15.0 Å². The number of amides is 2. The van der Waals surface area contributed by atoms with Gasteiger partial charge in [-0.2, -0.15) is 15.0 Å². The maximum atomic E-state index is 13.4. The molecule has 11 nitrogen and oxygen atoms in total. The number of nitrogens with zero attached hydrogens (tertiary/aromatic N) is 5. The molecule has 1 saturated carbocycles. The Morgan fingerprint density at radius 3 is 2.53 bits per heavy atom. The van der Waals surface area contributed by atoms with Crippen molar-refractivity contribution in [3.05, 3.63) is 35.7 Å². The highest BCUT2D eigenvalue weighted by atomic mass is 16.5. The van der Waals surface area contributed by atoms with E-state index in [0.29, 0.717) is 11.3 Å². The van der Waals surface area contributed by atoms with Gasteiger partial charge in [0.1, 0.15) is 0 Å². The lowest BCUT2D eigenvalue weighted by atomic mass is 9.96. The van der Waals surface area contributed by atoms with E-state index in [1.54, 1.807) is 24.3 Å². The van der Waals surface area contributed by atoms with Crippen LogP contribution in [0.2, 0.25) is 0 Å². The van der Waals surface area contributed by atoms with E-state index in [1.165, 1.54) is 9.80 Å². The summed E-state index contributed by atoms with van der Waals surface area (Å²) in [6.45, 7) is -0.312. The monoisotopic (exact) mass is 409 g/mol. The molecule has 3 aliphatic rings. The Bertz CT molecular complexity index is 1070. The highest BCUT2D eigenvalue weighted by molar-refractivity contribution is 6.15. The second-order valence-electron chi connectivity index (χ2n) is 7.51.